The molecular weight excluding hydrogens is 397 g/mol. The fourth-order valence-corrected chi connectivity index (χ4v) is 4.31. The van der Waals surface area contributed by atoms with Crippen molar-refractivity contribution >= 4 is 36.9 Å². The lowest BCUT2D eigenvalue weighted by Crippen LogP contribution is -2.19. The van der Waals surface area contributed by atoms with Crippen LogP contribution in [0.5, 0.6) is 0 Å². The summed E-state index contributed by atoms with van der Waals surface area (Å²) >= 11 is 3.12. The molecule has 0 amide bonds. The average molecular weight is 405 g/mol. The molecule has 120 valence electrons. The van der Waals surface area contributed by atoms with Crippen molar-refractivity contribution in [3.8, 4) is 0 Å². The maximum Gasteiger partial charge on any atom is 0.417 e. The molecule has 2 aromatic carbocycles. The van der Waals surface area contributed by atoms with Crippen LogP contribution in [0, 0.1) is 0 Å². The minimum Gasteiger partial charge on any atom is -0.199 e. The van der Waals surface area contributed by atoms with Gasteiger partial charge in [-0.3, -0.25) is 0 Å². The lowest BCUT2D eigenvalue weighted by molar-refractivity contribution is -0.139. The second-order valence-corrected chi connectivity index (χ2v) is 7.14. The fraction of sp³-hybridized carbons (Fsp3) is 0.0714. The van der Waals surface area contributed by atoms with Crippen molar-refractivity contribution in [1.82, 2.24) is 9.19 Å². The standard InChI is InChI=1S/C14H8BrF3N2O2S/c15-13-9-5-1-3-7-11(9)20(19-13)23(21,22)12-8-4-2-6-10(12)14(16,17)18/h1-8H. The maximum absolute atomic E-state index is 13.1. The molecule has 0 saturated heterocycles. The molecule has 0 bridgehead atoms. The van der Waals surface area contributed by atoms with Gasteiger partial charge in [0.05, 0.1) is 11.1 Å². The van der Waals surface area contributed by atoms with Crippen molar-refractivity contribution in [1.29, 1.82) is 0 Å². The number of benzene rings is 2. The largest absolute Gasteiger partial charge is 0.417 e. The van der Waals surface area contributed by atoms with Crippen molar-refractivity contribution in [2.24, 2.45) is 0 Å². The SMILES string of the molecule is O=S(=O)(c1ccccc1C(F)(F)F)n1nc(Br)c2ccccc21. The van der Waals surface area contributed by atoms with Crippen LogP contribution in [0.25, 0.3) is 10.9 Å². The number of hydrogen-bond acceptors (Lipinski definition) is 3. The lowest BCUT2D eigenvalue weighted by atomic mass is 10.2. The zero-order valence-electron chi connectivity index (χ0n) is 11.2. The second-order valence-electron chi connectivity index (χ2n) is 4.65. The van der Waals surface area contributed by atoms with E-state index in [4.69, 9.17) is 0 Å². The molecule has 9 heteroatoms. The predicted octanol–water partition coefficient (Wildman–Crippen LogP) is 4.05. The van der Waals surface area contributed by atoms with Gasteiger partial charge in [-0.05, 0) is 40.2 Å². The zero-order valence-corrected chi connectivity index (χ0v) is 13.7. The molecule has 0 spiro atoms. The number of alkyl halides is 3. The van der Waals surface area contributed by atoms with Gasteiger partial charge in [0.2, 0.25) is 0 Å². The van der Waals surface area contributed by atoms with E-state index in [1.54, 1.807) is 18.2 Å². The summed E-state index contributed by atoms with van der Waals surface area (Å²) in [6, 6.07) is 10.4. The number of fused-ring (bicyclic) bond motifs is 1. The van der Waals surface area contributed by atoms with Crippen LogP contribution in [0.1, 0.15) is 5.56 Å². The summed E-state index contributed by atoms with van der Waals surface area (Å²) < 4.78 is 65.6. The first-order valence-corrected chi connectivity index (χ1v) is 8.51. The molecule has 3 rings (SSSR count). The number of rotatable bonds is 2. The second kappa shape index (κ2) is 5.34. The third-order valence-corrected chi connectivity index (χ3v) is 5.44. The van der Waals surface area contributed by atoms with Crippen molar-refractivity contribution in [3.63, 3.8) is 0 Å². The van der Waals surface area contributed by atoms with E-state index in [1.807, 2.05) is 0 Å². The van der Waals surface area contributed by atoms with Crippen LogP contribution in [-0.2, 0) is 16.2 Å². The Morgan fingerprint density at radius 2 is 1.61 bits per heavy atom. The Hall–Kier alpha value is -1.87. The summed E-state index contributed by atoms with van der Waals surface area (Å²) in [4.78, 5) is -0.840. The van der Waals surface area contributed by atoms with E-state index < -0.39 is 26.7 Å². The maximum atomic E-state index is 13.1. The molecule has 0 atom stereocenters. The third-order valence-electron chi connectivity index (χ3n) is 3.21. The molecule has 0 unspecified atom stereocenters. The van der Waals surface area contributed by atoms with Gasteiger partial charge in [0.25, 0.3) is 10.0 Å². The molecule has 1 aromatic heterocycles. The number of halogens is 4. The van der Waals surface area contributed by atoms with E-state index in [0.29, 0.717) is 9.47 Å². The molecule has 0 aliphatic heterocycles. The summed E-state index contributed by atoms with van der Waals surface area (Å²) in [5.74, 6) is 0. The zero-order chi connectivity index (χ0) is 16.8. The normalized spacial score (nSPS) is 12.7. The van der Waals surface area contributed by atoms with E-state index in [0.717, 1.165) is 18.2 Å². The third kappa shape index (κ3) is 2.63. The van der Waals surface area contributed by atoms with Crippen LogP contribution in [0.15, 0.2) is 58.0 Å². The molecule has 0 fully saturated rings. The van der Waals surface area contributed by atoms with Crippen molar-refractivity contribution in [2.45, 2.75) is 11.1 Å². The highest BCUT2D eigenvalue weighted by Gasteiger charge is 2.38. The smallest absolute Gasteiger partial charge is 0.199 e. The van der Waals surface area contributed by atoms with Gasteiger partial charge in [0.1, 0.15) is 9.50 Å². The Balaban J connectivity index is 2.32. The van der Waals surface area contributed by atoms with Crippen LogP contribution < -0.4 is 0 Å². The molecule has 0 radical (unpaired) electrons. The monoisotopic (exact) mass is 404 g/mol. The van der Waals surface area contributed by atoms with Crippen LogP contribution in [0.3, 0.4) is 0 Å². The van der Waals surface area contributed by atoms with Gasteiger partial charge in [-0.15, -0.1) is 5.10 Å². The highest BCUT2D eigenvalue weighted by molar-refractivity contribution is 9.10. The Bertz CT molecular complexity index is 997. The highest BCUT2D eigenvalue weighted by atomic mass is 79.9. The molecular formula is C14H8BrF3N2O2S. The first kappa shape index (κ1) is 16.0. The summed E-state index contributed by atoms with van der Waals surface area (Å²) in [6.07, 6.45) is -4.79. The van der Waals surface area contributed by atoms with E-state index in [-0.39, 0.29) is 10.1 Å². The topological polar surface area (TPSA) is 52.0 Å². The average Bonchev–Trinajstić information content (AvgIpc) is 2.85. The molecule has 1 heterocycles. The summed E-state index contributed by atoms with van der Waals surface area (Å²) in [6.45, 7) is 0. The Morgan fingerprint density at radius 1 is 1.00 bits per heavy atom. The molecule has 23 heavy (non-hydrogen) atoms. The van der Waals surface area contributed by atoms with Crippen LogP contribution >= 0.6 is 15.9 Å². The van der Waals surface area contributed by atoms with Crippen LogP contribution in [-0.4, -0.2) is 17.6 Å². The molecule has 4 nitrogen and oxygen atoms in total. The fourth-order valence-electron chi connectivity index (χ4n) is 2.20. The lowest BCUT2D eigenvalue weighted by Gasteiger charge is -2.13. The summed E-state index contributed by atoms with van der Waals surface area (Å²) in [5.41, 5.74) is -1.04. The van der Waals surface area contributed by atoms with Gasteiger partial charge in [-0.2, -0.15) is 25.7 Å². The minimum absolute atomic E-state index is 0.191. The molecule has 3 aromatic rings. The van der Waals surface area contributed by atoms with Crippen LogP contribution in [0.4, 0.5) is 13.2 Å². The number of aromatic nitrogens is 2. The van der Waals surface area contributed by atoms with Crippen molar-refractivity contribution in [3.05, 3.63) is 58.7 Å². The highest BCUT2D eigenvalue weighted by Crippen LogP contribution is 2.35. The van der Waals surface area contributed by atoms with Crippen molar-refractivity contribution < 1.29 is 21.6 Å². The summed E-state index contributed by atoms with van der Waals surface area (Å²) in [7, 11) is -4.50. The summed E-state index contributed by atoms with van der Waals surface area (Å²) in [5, 5.41) is 4.33. The van der Waals surface area contributed by atoms with Gasteiger partial charge in [-0.1, -0.05) is 24.3 Å². The first-order chi connectivity index (χ1) is 10.7. The van der Waals surface area contributed by atoms with Gasteiger partial charge in [-0.25, -0.2) is 0 Å². The Kier molecular flexibility index (Phi) is 3.72. The molecule has 0 aliphatic carbocycles. The van der Waals surface area contributed by atoms with E-state index in [2.05, 4.69) is 21.0 Å². The first-order valence-electron chi connectivity index (χ1n) is 6.28. The Morgan fingerprint density at radius 3 is 2.30 bits per heavy atom. The van der Waals surface area contributed by atoms with E-state index in [9.17, 15) is 21.6 Å². The van der Waals surface area contributed by atoms with E-state index >= 15 is 0 Å². The van der Waals surface area contributed by atoms with E-state index in [1.165, 1.54) is 12.1 Å². The predicted molar refractivity (Wildman–Crippen MR) is 81.5 cm³/mol. The van der Waals surface area contributed by atoms with Gasteiger partial charge in [0.15, 0.2) is 0 Å². The molecule has 0 N–H and O–H groups in total. The number of nitrogens with zero attached hydrogens (tertiary/aromatic N) is 2. The molecule has 0 aliphatic rings. The number of para-hydroxylation sites is 1. The minimum atomic E-state index is -4.79. The Labute approximate surface area is 137 Å². The molecule has 0 saturated carbocycles. The van der Waals surface area contributed by atoms with Gasteiger partial charge >= 0.3 is 6.18 Å². The number of hydrogen-bond donors (Lipinski definition) is 0. The van der Waals surface area contributed by atoms with Crippen LogP contribution in [0.2, 0.25) is 0 Å². The van der Waals surface area contributed by atoms with Gasteiger partial charge in [0, 0.05) is 5.39 Å². The quantitative estimate of drug-likeness (QED) is 0.647. The van der Waals surface area contributed by atoms with Gasteiger partial charge < -0.3 is 0 Å². The van der Waals surface area contributed by atoms with Crippen molar-refractivity contribution in [2.75, 3.05) is 0 Å².